The van der Waals surface area contributed by atoms with E-state index >= 15 is 0 Å². The Morgan fingerprint density at radius 3 is 2.39 bits per heavy atom. The molecule has 0 aliphatic rings. The highest BCUT2D eigenvalue weighted by Crippen LogP contribution is 2.26. The molecular formula is C25H21FN4O3. The molecule has 7 nitrogen and oxygen atoms in total. The van der Waals surface area contributed by atoms with Gasteiger partial charge in [-0.15, -0.1) is 0 Å². The molecule has 0 radical (unpaired) electrons. The largest absolute Gasteiger partial charge is 0.497 e. The number of hydrazine groups is 1. The Balaban J connectivity index is 1.59. The van der Waals surface area contributed by atoms with Crippen molar-refractivity contribution in [1.82, 2.24) is 20.6 Å². The quantitative estimate of drug-likeness (QED) is 0.443. The monoisotopic (exact) mass is 444 g/mol. The minimum atomic E-state index is -0.567. The molecule has 0 bridgehead atoms. The van der Waals surface area contributed by atoms with Crippen LogP contribution in [0, 0.1) is 5.82 Å². The van der Waals surface area contributed by atoms with Crippen LogP contribution in [0.25, 0.3) is 11.3 Å². The summed E-state index contributed by atoms with van der Waals surface area (Å²) in [5, 5.41) is 4.61. The number of hydrogen-bond acceptors (Lipinski definition) is 4. The molecule has 0 unspecified atom stereocenters. The van der Waals surface area contributed by atoms with E-state index in [1.165, 1.54) is 24.3 Å². The topological polar surface area (TPSA) is 85.2 Å². The number of hydrogen-bond donors (Lipinski definition) is 2. The Morgan fingerprint density at radius 2 is 1.67 bits per heavy atom. The Labute approximate surface area is 189 Å². The van der Waals surface area contributed by atoms with Crippen LogP contribution in [0.2, 0.25) is 0 Å². The average molecular weight is 444 g/mol. The number of nitrogens with zero attached hydrogens (tertiary/aromatic N) is 2. The van der Waals surface area contributed by atoms with Crippen molar-refractivity contribution in [3.8, 4) is 17.0 Å². The highest BCUT2D eigenvalue weighted by atomic mass is 19.1. The van der Waals surface area contributed by atoms with Crippen LogP contribution in [0.4, 0.5) is 4.39 Å². The molecule has 0 atom stereocenters. The maximum Gasteiger partial charge on any atom is 0.273 e. The van der Waals surface area contributed by atoms with Crippen LogP contribution in [0.15, 0.2) is 85.1 Å². The van der Waals surface area contributed by atoms with Crippen molar-refractivity contribution in [1.29, 1.82) is 0 Å². The van der Waals surface area contributed by atoms with Crippen LogP contribution < -0.4 is 15.6 Å². The van der Waals surface area contributed by atoms with Crippen LogP contribution in [-0.4, -0.2) is 28.7 Å². The number of amides is 2. The van der Waals surface area contributed by atoms with Gasteiger partial charge in [0, 0.05) is 17.3 Å². The summed E-state index contributed by atoms with van der Waals surface area (Å²) in [5.41, 5.74) is 7.41. The van der Waals surface area contributed by atoms with Gasteiger partial charge in [-0.25, -0.2) is 4.39 Å². The van der Waals surface area contributed by atoms with Crippen molar-refractivity contribution in [2.75, 3.05) is 7.11 Å². The minimum absolute atomic E-state index is 0.212. The van der Waals surface area contributed by atoms with Crippen molar-refractivity contribution in [3.05, 3.63) is 108 Å². The number of methoxy groups -OCH3 is 1. The van der Waals surface area contributed by atoms with Crippen LogP contribution in [0.3, 0.4) is 0 Å². The van der Waals surface area contributed by atoms with E-state index in [2.05, 4.69) is 16.0 Å². The van der Waals surface area contributed by atoms with E-state index in [0.717, 1.165) is 5.56 Å². The number of carbonyl (C=O) groups excluding carboxylic acids is 2. The average Bonchev–Trinajstić information content (AvgIpc) is 3.27. The van der Waals surface area contributed by atoms with Crippen LogP contribution in [0.5, 0.6) is 5.75 Å². The van der Waals surface area contributed by atoms with E-state index in [1.54, 1.807) is 30.1 Å². The molecule has 0 saturated heterocycles. The molecular weight excluding hydrogens is 423 g/mol. The van der Waals surface area contributed by atoms with Gasteiger partial charge in [0.1, 0.15) is 17.3 Å². The summed E-state index contributed by atoms with van der Waals surface area (Å²) < 4.78 is 20.0. The van der Waals surface area contributed by atoms with E-state index in [1.807, 2.05) is 42.5 Å². The molecule has 0 spiro atoms. The number of aromatic nitrogens is 2. The first kappa shape index (κ1) is 21.8. The van der Waals surface area contributed by atoms with Gasteiger partial charge in [0.25, 0.3) is 11.8 Å². The van der Waals surface area contributed by atoms with Gasteiger partial charge in [0.05, 0.1) is 19.2 Å². The van der Waals surface area contributed by atoms with Gasteiger partial charge >= 0.3 is 0 Å². The first-order valence-electron chi connectivity index (χ1n) is 10.2. The fourth-order valence-corrected chi connectivity index (χ4v) is 3.28. The number of halogens is 1. The van der Waals surface area contributed by atoms with Gasteiger partial charge in [0.2, 0.25) is 0 Å². The lowest BCUT2D eigenvalue weighted by atomic mass is 10.1. The van der Waals surface area contributed by atoms with Crippen LogP contribution >= 0.6 is 0 Å². The van der Waals surface area contributed by atoms with Gasteiger partial charge in [-0.2, -0.15) is 5.10 Å². The second kappa shape index (κ2) is 9.78. The molecule has 8 heteroatoms. The molecule has 1 heterocycles. The lowest BCUT2D eigenvalue weighted by Crippen LogP contribution is -2.41. The number of nitrogens with one attached hydrogen (secondary N) is 2. The molecule has 3 aromatic carbocycles. The Bertz CT molecular complexity index is 1270. The van der Waals surface area contributed by atoms with E-state index < -0.39 is 17.6 Å². The van der Waals surface area contributed by atoms with E-state index in [4.69, 9.17) is 4.74 Å². The Kier molecular flexibility index (Phi) is 6.45. The summed E-state index contributed by atoms with van der Waals surface area (Å²) in [5.74, 6) is -0.934. The summed E-state index contributed by atoms with van der Waals surface area (Å²) in [7, 11) is 1.56. The zero-order valence-electron chi connectivity index (χ0n) is 17.8. The van der Waals surface area contributed by atoms with Crippen molar-refractivity contribution >= 4 is 11.8 Å². The molecule has 166 valence electrons. The third kappa shape index (κ3) is 5.24. The van der Waals surface area contributed by atoms with Gasteiger partial charge in [-0.1, -0.05) is 42.5 Å². The standard InChI is InChI=1S/C25H21FN4O3/c1-33-21-9-5-8-19(14-21)23-22(16-30(29-23)15-17-6-3-2-4-7-17)25(32)28-27-24(31)18-10-12-20(26)13-11-18/h2-14,16H,15H2,1H3,(H,27,31)(H,28,32). The molecule has 2 amide bonds. The molecule has 33 heavy (non-hydrogen) atoms. The predicted molar refractivity (Wildman–Crippen MR) is 121 cm³/mol. The molecule has 0 aliphatic carbocycles. The van der Waals surface area contributed by atoms with Gasteiger partial charge < -0.3 is 4.74 Å². The zero-order valence-corrected chi connectivity index (χ0v) is 17.8. The second-order valence-electron chi connectivity index (χ2n) is 7.22. The summed E-state index contributed by atoms with van der Waals surface area (Å²) in [6.07, 6.45) is 1.63. The SMILES string of the molecule is COc1cccc(-c2nn(Cc3ccccc3)cc2C(=O)NNC(=O)c2ccc(F)cc2)c1. The third-order valence-electron chi connectivity index (χ3n) is 4.93. The lowest BCUT2D eigenvalue weighted by molar-refractivity contribution is 0.0847. The number of ether oxygens (including phenoxy) is 1. The van der Waals surface area contributed by atoms with Gasteiger partial charge in [-0.3, -0.25) is 25.1 Å². The van der Waals surface area contributed by atoms with Crippen molar-refractivity contribution < 1.29 is 18.7 Å². The van der Waals surface area contributed by atoms with Crippen molar-refractivity contribution in [3.63, 3.8) is 0 Å². The fraction of sp³-hybridized carbons (Fsp3) is 0.0800. The maximum atomic E-state index is 13.1. The summed E-state index contributed by atoms with van der Waals surface area (Å²) in [6.45, 7) is 0.465. The number of rotatable bonds is 6. The Hall–Kier alpha value is -4.46. The molecule has 4 rings (SSSR count). The first-order chi connectivity index (χ1) is 16.0. The highest BCUT2D eigenvalue weighted by Gasteiger charge is 2.19. The van der Waals surface area contributed by atoms with E-state index in [9.17, 15) is 14.0 Å². The second-order valence-corrected chi connectivity index (χ2v) is 7.22. The van der Waals surface area contributed by atoms with Gasteiger partial charge in [0.15, 0.2) is 0 Å². The Morgan fingerprint density at radius 1 is 0.939 bits per heavy atom. The fourth-order valence-electron chi connectivity index (χ4n) is 3.28. The lowest BCUT2D eigenvalue weighted by Gasteiger charge is -2.08. The smallest absolute Gasteiger partial charge is 0.273 e. The molecule has 0 saturated carbocycles. The zero-order chi connectivity index (χ0) is 23.2. The predicted octanol–water partition coefficient (Wildman–Crippen LogP) is 3.82. The molecule has 0 aliphatic heterocycles. The maximum absolute atomic E-state index is 13.1. The van der Waals surface area contributed by atoms with Gasteiger partial charge in [-0.05, 0) is 42.0 Å². The van der Waals surface area contributed by atoms with Crippen LogP contribution in [0.1, 0.15) is 26.3 Å². The summed E-state index contributed by atoms with van der Waals surface area (Å²) in [6, 6.07) is 21.9. The third-order valence-corrected chi connectivity index (χ3v) is 4.93. The number of benzene rings is 3. The molecule has 1 aromatic heterocycles. The first-order valence-corrected chi connectivity index (χ1v) is 10.2. The van der Waals surface area contributed by atoms with Crippen LogP contribution in [-0.2, 0) is 6.54 Å². The normalized spacial score (nSPS) is 10.5. The molecule has 0 fully saturated rings. The summed E-state index contributed by atoms with van der Waals surface area (Å²) >= 11 is 0. The van der Waals surface area contributed by atoms with Crippen molar-refractivity contribution in [2.24, 2.45) is 0 Å². The summed E-state index contributed by atoms with van der Waals surface area (Å²) in [4.78, 5) is 25.3. The molecule has 4 aromatic rings. The molecule has 2 N–H and O–H groups in total. The highest BCUT2D eigenvalue weighted by molar-refractivity contribution is 6.02. The van der Waals surface area contributed by atoms with E-state index in [-0.39, 0.29) is 11.1 Å². The number of carbonyl (C=O) groups is 2. The van der Waals surface area contributed by atoms with E-state index in [0.29, 0.717) is 23.6 Å². The minimum Gasteiger partial charge on any atom is -0.497 e. The van der Waals surface area contributed by atoms with Crippen molar-refractivity contribution in [2.45, 2.75) is 6.54 Å².